The predicted molar refractivity (Wildman–Crippen MR) is 212 cm³/mol. The van der Waals surface area contributed by atoms with Crippen molar-refractivity contribution >= 4 is 61.8 Å². The monoisotopic (exact) mass is 765 g/mol. The summed E-state index contributed by atoms with van der Waals surface area (Å²) in [5.74, 6) is 3.85. The van der Waals surface area contributed by atoms with Gasteiger partial charge in [0.1, 0.15) is 18.3 Å². The number of likely N-dealkylation sites (N-methyl/N-ethyl adjacent to an activating group) is 1. The lowest BCUT2D eigenvalue weighted by Gasteiger charge is -2.33. The van der Waals surface area contributed by atoms with Gasteiger partial charge in [-0.1, -0.05) is 35.3 Å². The number of hydrogen-bond donors (Lipinski definition) is 0. The van der Waals surface area contributed by atoms with E-state index < -0.39 is 10.0 Å². The Bertz CT molecular complexity index is 2170. The Morgan fingerprint density at radius 1 is 0.885 bits per heavy atom. The molecule has 1 fully saturated rings. The molecule has 0 unspecified atom stereocenters. The van der Waals surface area contributed by atoms with Gasteiger partial charge in [0.15, 0.2) is 5.65 Å². The minimum Gasteiger partial charge on any atom is -0.497 e. The maximum absolute atomic E-state index is 6.57. The van der Waals surface area contributed by atoms with Crippen molar-refractivity contribution in [3.63, 3.8) is 0 Å². The first-order valence-electron chi connectivity index (χ1n) is 17.1. The number of fused-ring (bicyclic) bond motifs is 2. The molecule has 0 atom stereocenters. The van der Waals surface area contributed by atoms with Crippen molar-refractivity contribution in [3.05, 3.63) is 76.4 Å². The van der Waals surface area contributed by atoms with Gasteiger partial charge in [-0.05, 0) is 55.6 Å². The third-order valence-corrected chi connectivity index (χ3v) is 11.3. The topological polar surface area (TPSA) is 107 Å². The third-order valence-electron chi connectivity index (χ3n) is 9.22. The van der Waals surface area contributed by atoms with Crippen LogP contribution in [0.5, 0.6) is 5.75 Å². The normalized spacial score (nSPS) is 14.5. The summed E-state index contributed by atoms with van der Waals surface area (Å²) in [4.78, 5) is 22.3. The lowest BCUT2D eigenvalue weighted by atomic mass is 10.2. The molecule has 7 rings (SSSR count). The third kappa shape index (κ3) is 7.96. The lowest BCUT2D eigenvalue weighted by molar-refractivity contribution is 0.0903. The van der Waals surface area contributed by atoms with Crippen LogP contribution in [0, 0.1) is 0 Å². The van der Waals surface area contributed by atoms with E-state index in [0.29, 0.717) is 54.0 Å². The summed E-state index contributed by atoms with van der Waals surface area (Å²) < 4.78 is 17.5. The van der Waals surface area contributed by atoms with Crippen LogP contribution in [0.1, 0.15) is 11.4 Å². The Morgan fingerprint density at radius 2 is 1.63 bits per heavy atom. The van der Waals surface area contributed by atoms with Crippen molar-refractivity contribution in [3.8, 4) is 16.9 Å². The number of aromatic nitrogens is 8. The number of piperazine rings is 1. The van der Waals surface area contributed by atoms with E-state index in [-0.39, 0.29) is 0 Å². The predicted octanol–water partition coefficient (Wildman–Crippen LogP) is 5.82. The van der Waals surface area contributed by atoms with E-state index in [9.17, 15) is 0 Å². The van der Waals surface area contributed by atoms with Crippen LogP contribution < -0.4 is 14.5 Å². The zero-order valence-electron chi connectivity index (χ0n) is 30.5. The molecule has 0 spiro atoms. The van der Waals surface area contributed by atoms with Gasteiger partial charge in [-0.25, -0.2) is 15.0 Å². The van der Waals surface area contributed by atoms with Crippen LogP contribution in [0.4, 0.5) is 11.9 Å². The van der Waals surface area contributed by atoms with Crippen molar-refractivity contribution in [2.75, 3.05) is 81.3 Å². The van der Waals surface area contributed by atoms with E-state index in [1.165, 1.54) is 0 Å². The quantitative estimate of drug-likeness (QED) is 0.134. The van der Waals surface area contributed by atoms with E-state index in [1.807, 2.05) is 54.4 Å². The summed E-state index contributed by atoms with van der Waals surface area (Å²) in [5.41, 5.74) is 5.15. The molecule has 1 aliphatic rings. The van der Waals surface area contributed by atoms with Crippen LogP contribution in [-0.4, -0.2) is 115 Å². The van der Waals surface area contributed by atoms with Crippen molar-refractivity contribution in [2.24, 2.45) is 7.05 Å². The fraction of sp³-hybridized carbons (Fsp3) is 0.417. The van der Waals surface area contributed by atoms with Gasteiger partial charge >= 0.3 is 0 Å². The summed E-state index contributed by atoms with van der Waals surface area (Å²) in [6.45, 7) is 5.28. The number of hydrogen-bond acceptors (Lipinski definition) is 10. The van der Waals surface area contributed by atoms with Crippen LogP contribution >= 0.6 is 33.2 Å². The molecule has 5 heterocycles. The summed E-state index contributed by atoms with van der Waals surface area (Å²) in [7, 11) is 5.00. The molecule has 0 aliphatic carbocycles. The maximum atomic E-state index is 6.57. The van der Waals surface area contributed by atoms with Gasteiger partial charge in [0.2, 0.25) is 11.9 Å². The fourth-order valence-corrected chi connectivity index (χ4v) is 7.12. The van der Waals surface area contributed by atoms with Gasteiger partial charge in [-0.2, -0.15) is 24.7 Å². The second-order valence-corrected chi connectivity index (χ2v) is 19.5. The van der Waals surface area contributed by atoms with E-state index >= 15 is 0 Å². The summed E-state index contributed by atoms with van der Waals surface area (Å²) >= 11 is 13.1. The molecule has 0 amide bonds. The molecule has 1 saturated heterocycles. The zero-order valence-corrected chi connectivity index (χ0v) is 32.8. The smallest absolute Gasteiger partial charge is 0.232 e. The number of aryl methyl sites for hydroxylation is 1. The number of halogens is 2. The van der Waals surface area contributed by atoms with Crippen molar-refractivity contribution in [1.29, 1.82) is 0 Å². The minimum absolute atomic E-state index is 0.314. The summed E-state index contributed by atoms with van der Waals surface area (Å²) in [6.07, 6.45) is 12.5. The highest BCUT2D eigenvalue weighted by Gasteiger charge is 2.26. The van der Waals surface area contributed by atoms with Gasteiger partial charge in [0.05, 0.1) is 53.7 Å². The first-order chi connectivity index (χ1) is 25.0. The number of anilines is 2. The maximum Gasteiger partial charge on any atom is 0.232 e. The van der Waals surface area contributed by atoms with Gasteiger partial charge < -0.3 is 28.7 Å². The number of methoxy groups -OCH3 is 1. The number of nitrogens with zero attached hydrogens (tertiary/aromatic N) is 11. The number of imidazole rings is 1. The summed E-state index contributed by atoms with van der Waals surface area (Å²) in [6, 6.07) is 11.7. The zero-order chi connectivity index (χ0) is 36.6. The van der Waals surface area contributed by atoms with Crippen molar-refractivity contribution < 1.29 is 9.47 Å². The van der Waals surface area contributed by atoms with Gasteiger partial charge in [0.25, 0.3) is 0 Å². The van der Waals surface area contributed by atoms with E-state index in [4.69, 9.17) is 52.7 Å². The molecular formula is C36H45Cl2N11O2S. The second kappa shape index (κ2) is 15.1. The molecule has 1 aliphatic heterocycles. The molecule has 6 aromatic rings. The summed E-state index contributed by atoms with van der Waals surface area (Å²) in [5, 5.41) is 10.2. The van der Waals surface area contributed by atoms with E-state index in [1.54, 1.807) is 11.8 Å². The molecule has 13 nitrogen and oxygen atoms in total. The second-order valence-electron chi connectivity index (χ2n) is 14.1. The molecule has 0 bridgehead atoms. The molecule has 4 aromatic heterocycles. The van der Waals surface area contributed by atoms with E-state index in [2.05, 4.69) is 62.3 Å². The van der Waals surface area contributed by atoms with Gasteiger partial charge in [-0.3, -0.25) is 4.68 Å². The standard InChI is InChI=1S/C36H45Cl2N11O2S/c1-44-11-13-46(14-12-44)35-42-34-28(26-19-39-45(2)22-26)20-40-49(34)36(43-35)47(21-25-7-9-27(50-3)10-8-25)23-33-41-31-17-29(37)30(38)18-32(31)48(33)24-51-15-16-52(4,5)6/h7-10,17-20,22H,11-16,21,23-24H2,1-6H3. The Morgan fingerprint density at radius 3 is 2.33 bits per heavy atom. The van der Waals surface area contributed by atoms with Crippen LogP contribution in [-0.2, 0) is 31.6 Å². The SMILES string of the molecule is COc1ccc(CN(Cc2nc3cc(Cl)c(Cl)cc3n2COCCS(C)(C)C)c2nc(N3CCN(C)CC3)nc3c(-c4cnn(C)c4)cnn23)cc1. The highest BCUT2D eigenvalue weighted by atomic mass is 35.5. The molecule has 0 radical (unpaired) electrons. The molecule has 16 heteroatoms. The Kier molecular flexibility index (Phi) is 10.5. The van der Waals surface area contributed by atoms with Crippen LogP contribution in [0.15, 0.2) is 55.0 Å². The van der Waals surface area contributed by atoms with Crippen molar-refractivity contribution in [1.82, 2.24) is 43.8 Å². The van der Waals surface area contributed by atoms with Gasteiger partial charge in [-0.15, -0.1) is 0 Å². The van der Waals surface area contributed by atoms with Gasteiger partial charge in [0, 0.05) is 62.8 Å². The van der Waals surface area contributed by atoms with Crippen molar-refractivity contribution in [2.45, 2.75) is 19.8 Å². The van der Waals surface area contributed by atoms with Crippen LogP contribution in [0.25, 0.3) is 27.8 Å². The molecule has 0 saturated carbocycles. The minimum atomic E-state index is -0.720. The number of ether oxygens (including phenoxy) is 2. The van der Waals surface area contributed by atoms with Crippen LogP contribution in [0.3, 0.4) is 0 Å². The van der Waals surface area contributed by atoms with Crippen LogP contribution in [0.2, 0.25) is 10.0 Å². The molecule has 276 valence electrons. The highest BCUT2D eigenvalue weighted by Crippen LogP contribution is 2.34. The fourth-order valence-electron chi connectivity index (χ4n) is 6.19. The average molecular weight is 767 g/mol. The lowest BCUT2D eigenvalue weighted by Crippen LogP contribution is -2.45. The molecule has 0 N–H and O–H groups in total. The first-order valence-corrected chi connectivity index (χ1v) is 20.9. The number of rotatable bonds is 13. The Balaban J connectivity index is 1.36. The number of benzene rings is 2. The highest BCUT2D eigenvalue weighted by molar-refractivity contribution is 8.32. The molecule has 52 heavy (non-hydrogen) atoms. The molecule has 2 aromatic carbocycles. The van der Waals surface area contributed by atoms with E-state index in [0.717, 1.165) is 71.2 Å². The molecular weight excluding hydrogens is 721 g/mol. The average Bonchev–Trinajstić information content (AvgIpc) is 3.83. The largest absolute Gasteiger partial charge is 0.497 e. The first kappa shape index (κ1) is 36.3. The Hall–Kier alpha value is -4.08. The Labute approximate surface area is 315 Å².